The van der Waals surface area contributed by atoms with E-state index in [1.165, 1.54) is 5.56 Å². The third kappa shape index (κ3) is 7.11. The molecule has 3 rings (SSSR count). The van der Waals surface area contributed by atoms with Crippen LogP contribution in [0.1, 0.15) is 37.7 Å². The highest BCUT2D eigenvalue weighted by atomic mass is 35.5. The normalized spacial score (nSPS) is 11.7. The van der Waals surface area contributed by atoms with Crippen molar-refractivity contribution in [2.24, 2.45) is 0 Å². The lowest BCUT2D eigenvalue weighted by molar-refractivity contribution is -0.192. The van der Waals surface area contributed by atoms with Gasteiger partial charge in [-0.3, -0.25) is 5.10 Å². The minimum Gasteiger partial charge on any atom is -0.475 e. The van der Waals surface area contributed by atoms with Gasteiger partial charge in [0.1, 0.15) is 0 Å². The van der Waals surface area contributed by atoms with Crippen LogP contribution >= 0.6 is 11.6 Å². The average molecular weight is 458 g/mol. The first-order chi connectivity index (χ1) is 14.4. The second-order valence-electron chi connectivity index (χ2n) is 7.64. The molecule has 0 saturated heterocycles. The van der Waals surface area contributed by atoms with E-state index in [9.17, 15) is 13.2 Å². The molecule has 0 aliphatic carbocycles. The number of aromatic amines is 1. The van der Waals surface area contributed by atoms with E-state index in [2.05, 4.69) is 42.5 Å². The topological polar surface area (TPSA) is 95.8 Å². The highest BCUT2D eigenvalue weighted by Gasteiger charge is 2.38. The van der Waals surface area contributed by atoms with Gasteiger partial charge >= 0.3 is 12.1 Å². The van der Waals surface area contributed by atoms with Crippen LogP contribution in [-0.2, 0) is 23.3 Å². The van der Waals surface area contributed by atoms with Crippen LogP contribution in [0.5, 0.6) is 0 Å². The van der Waals surface area contributed by atoms with Crippen molar-refractivity contribution < 1.29 is 23.1 Å². The number of carbonyl (C=O) groups is 1. The summed E-state index contributed by atoms with van der Waals surface area (Å²) in [5.41, 5.74) is 4.15. The van der Waals surface area contributed by atoms with Gasteiger partial charge in [-0.05, 0) is 18.2 Å². The van der Waals surface area contributed by atoms with E-state index < -0.39 is 12.1 Å². The molecular formula is C20H23ClF3N5O2. The summed E-state index contributed by atoms with van der Waals surface area (Å²) in [5, 5.41) is 23.0. The van der Waals surface area contributed by atoms with Gasteiger partial charge in [0.05, 0.1) is 16.4 Å². The zero-order valence-electron chi connectivity index (χ0n) is 17.2. The van der Waals surface area contributed by atoms with Gasteiger partial charge in [0, 0.05) is 42.2 Å². The molecule has 3 N–H and O–H groups in total. The van der Waals surface area contributed by atoms with Crippen LogP contribution in [-0.4, -0.2) is 37.2 Å². The summed E-state index contributed by atoms with van der Waals surface area (Å²) >= 11 is 6.32. The number of para-hydroxylation sites is 1. The van der Waals surface area contributed by atoms with Crippen LogP contribution in [0.3, 0.4) is 0 Å². The highest BCUT2D eigenvalue weighted by Crippen LogP contribution is 2.27. The van der Waals surface area contributed by atoms with Crippen LogP contribution in [0.15, 0.2) is 42.7 Å². The van der Waals surface area contributed by atoms with E-state index in [-0.39, 0.29) is 5.41 Å². The molecule has 1 aromatic carbocycles. The lowest BCUT2D eigenvalue weighted by Crippen LogP contribution is -2.21. The molecule has 0 bridgehead atoms. The first kappa shape index (κ1) is 24.4. The quantitative estimate of drug-likeness (QED) is 0.525. The van der Waals surface area contributed by atoms with Gasteiger partial charge < -0.3 is 10.4 Å². The predicted octanol–water partition coefficient (Wildman–Crippen LogP) is 4.47. The molecule has 0 amide bonds. The largest absolute Gasteiger partial charge is 0.490 e. The van der Waals surface area contributed by atoms with E-state index in [1.54, 1.807) is 6.20 Å². The molecule has 0 atom stereocenters. The minimum absolute atomic E-state index is 0.0441. The zero-order valence-corrected chi connectivity index (χ0v) is 17.9. The Morgan fingerprint density at radius 2 is 1.84 bits per heavy atom. The Morgan fingerprint density at radius 1 is 1.19 bits per heavy atom. The second-order valence-corrected chi connectivity index (χ2v) is 8.04. The van der Waals surface area contributed by atoms with Crippen molar-refractivity contribution in [1.82, 2.24) is 25.3 Å². The predicted molar refractivity (Wildman–Crippen MR) is 110 cm³/mol. The Morgan fingerprint density at radius 3 is 2.35 bits per heavy atom. The highest BCUT2D eigenvalue weighted by molar-refractivity contribution is 6.32. The van der Waals surface area contributed by atoms with Crippen LogP contribution < -0.4 is 5.32 Å². The number of halogens is 4. The maximum absolute atomic E-state index is 10.6. The molecule has 2 heterocycles. The van der Waals surface area contributed by atoms with Crippen molar-refractivity contribution in [2.75, 3.05) is 0 Å². The number of carboxylic acids is 1. The van der Waals surface area contributed by atoms with Crippen molar-refractivity contribution in [3.8, 4) is 5.69 Å². The molecule has 0 saturated carbocycles. The molecule has 0 radical (unpaired) electrons. The molecule has 7 nitrogen and oxygen atoms in total. The number of aromatic nitrogens is 4. The number of benzene rings is 1. The summed E-state index contributed by atoms with van der Waals surface area (Å²) in [5.74, 6) is -2.76. The lowest BCUT2D eigenvalue weighted by Gasteiger charge is -2.17. The van der Waals surface area contributed by atoms with E-state index >= 15 is 0 Å². The molecule has 3 aromatic rings. The van der Waals surface area contributed by atoms with E-state index in [0.29, 0.717) is 5.02 Å². The van der Waals surface area contributed by atoms with E-state index in [1.807, 2.05) is 35.0 Å². The third-order valence-corrected chi connectivity index (χ3v) is 4.35. The number of carboxylic acid groups (broad SMARTS) is 1. The van der Waals surface area contributed by atoms with Gasteiger partial charge in [-0.15, -0.1) is 0 Å². The van der Waals surface area contributed by atoms with Crippen LogP contribution in [0.25, 0.3) is 5.69 Å². The number of hydrogen-bond acceptors (Lipinski definition) is 4. The number of aliphatic carboxylic acids is 1. The Kier molecular flexibility index (Phi) is 7.85. The summed E-state index contributed by atoms with van der Waals surface area (Å²) in [6, 6.07) is 9.71. The molecular weight excluding hydrogens is 435 g/mol. The fourth-order valence-corrected chi connectivity index (χ4v) is 2.87. The smallest absolute Gasteiger partial charge is 0.475 e. The molecule has 2 aromatic heterocycles. The molecule has 0 spiro atoms. The van der Waals surface area contributed by atoms with Crippen molar-refractivity contribution in [3.63, 3.8) is 0 Å². The number of rotatable bonds is 5. The number of nitrogens with one attached hydrogen (secondary N) is 2. The van der Waals surface area contributed by atoms with Gasteiger partial charge in [-0.1, -0.05) is 44.5 Å². The summed E-state index contributed by atoms with van der Waals surface area (Å²) in [6.45, 7) is 7.98. The van der Waals surface area contributed by atoms with Gasteiger partial charge in [-0.25, -0.2) is 9.48 Å². The fourth-order valence-electron chi connectivity index (χ4n) is 2.65. The van der Waals surface area contributed by atoms with Crippen molar-refractivity contribution in [3.05, 3.63) is 64.7 Å². The van der Waals surface area contributed by atoms with Crippen molar-refractivity contribution >= 4 is 17.6 Å². The monoisotopic (exact) mass is 457 g/mol. The van der Waals surface area contributed by atoms with Gasteiger partial charge in [0.15, 0.2) is 0 Å². The van der Waals surface area contributed by atoms with Gasteiger partial charge in [0.25, 0.3) is 0 Å². The van der Waals surface area contributed by atoms with Crippen LogP contribution in [0.2, 0.25) is 5.02 Å². The second kappa shape index (κ2) is 9.97. The Bertz CT molecular complexity index is 995. The van der Waals surface area contributed by atoms with Gasteiger partial charge in [0.2, 0.25) is 0 Å². The summed E-state index contributed by atoms with van der Waals surface area (Å²) in [4.78, 5) is 8.90. The number of alkyl halides is 3. The summed E-state index contributed by atoms with van der Waals surface area (Å²) in [7, 11) is 0. The van der Waals surface area contributed by atoms with Crippen LogP contribution in [0, 0.1) is 0 Å². The molecule has 11 heteroatoms. The Hall–Kier alpha value is -2.85. The van der Waals surface area contributed by atoms with Crippen molar-refractivity contribution in [1.29, 1.82) is 0 Å². The number of H-pyrrole nitrogens is 1. The minimum atomic E-state index is -5.08. The molecule has 0 aliphatic heterocycles. The van der Waals surface area contributed by atoms with E-state index in [0.717, 1.165) is 30.2 Å². The third-order valence-electron chi connectivity index (χ3n) is 4.03. The van der Waals surface area contributed by atoms with E-state index in [4.69, 9.17) is 26.6 Å². The lowest BCUT2D eigenvalue weighted by atomic mass is 9.89. The molecule has 0 aliphatic rings. The first-order valence-electron chi connectivity index (χ1n) is 9.22. The molecule has 0 unspecified atom stereocenters. The average Bonchev–Trinajstić information content (AvgIpc) is 3.31. The zero-order chi connectivity index (χ0) is 23.2. The Labute approximate surface area is 182 Å². The fraction of sp³-hybridized carbons (Fsp3) is 0.350. The first-order valence-corrected chi connectivity index (χ1v) is 9.60. The molecule has 31 heavy (non-hydrogen) atoms. The molecule has 0 fully saturated rings. The SMILES string of the molecule is CC(C)(C)c1nn(-c2ccccc2Cl)cc1CNCc1ccn[nH]1.O=C(O)C(F)(F)F. The summed E-state index contributed by atoms with van der Waals surface area (Å²) < 4.78 is 33.6. The van der Waals surface area contributed by atoms with Crippen molar-refractivity contribution in [2.45, 2.75) is 45.5 Å². The van der Waals surface area contributed by atoms with Crippen LogP contribution in [0.4, 0.5) is 13.2 Å². The number of hydrogen-bond donors (Lipinski definition) is 3. The molecule has 168 valence electrons. The maximum Gasteiger partial charge on any atom is 0.490 e. The maximum atomic E-state index is 10.6. The number of nitrogens with zero attached hydrogens (tertiary/aromatic N) is 3. The van der Waals surface area contributed by atoms with Gasteiger partial charge in [-0.2, -0.15) is 23.4 Å². The summed E-state index contributed by atoms with van der Waals surface area (Å²) in [6.07, 6.45) is -1.27. The standard InChI is InChI=1S/C18H22ClN5.C2HF3O2/c1-18(2,3)17-13(10-20-11-14-8-9-21-22-14)12-24(23-17)16-7-5-4-6-15(16)19;3-2(4,5)1(6)7/h4-9,12,20H,10-11H2,1-3H3,(H,21,22);(H,6,7). The Balaban J connectivity index is 0.000000423.